The SMILES string of the molecule is CCC1CCC(c2ncc(C(=O)O)c(C(C)C)n2)C1. The number of carboxylic acid groups (broad SMARTS) is 1. The first-order valence-electron chi connectivity index (χ1n) is 7.13. The molecule has 1 aliphatic carbocycles. The zero-order valence-electron chi connectivity index (χ0n) is 11.9. The maximum absolute atomic E-state index is 11.2. The minimum Gasteiger partial charge on any atom is -0.478 e. The highest BCUT2D eigenvalue weighted by Crippen LogP contribution is 2.38. The van der Waals surface area contributed by atoms with Crippen molar-refractivity contribution in [2.45, 2.75) is 58.3 Å². The Balaban J connectivity index is 2.28. The van der Waals surface area contributed by atoms with Crippen molar-refractivity contribution in [1.29, 1.82) is 0 Å². The topological polar surface area (TPSA) is 63.1 Å². The number of aromatic carboxylic acids is 1. The molecule has 2 atom stereocenters. The summed E-state index contributed by atoms with van der Waals surface area (Å²) in [4.78, 5) is 20.0. The van der Waals surface area contributed by atoms with Gasteiger partial charge in [0, 0.05) is 12.1 Å². The Kier molecular flexibility index (Phi) is 4.17. The Morgan fingerprint density at radius 3 is 2.74 bits per heavy atom. The highest BCUT2D eigenvalue weighted by atomic mass is 16.4. The number of aromatic nitrogens is 2. The summed E-state index contributed by atoms with van der Waals surface area (Å²) in [7, 11) is 0. The molecule has 19 heavy (non-hydrogen) atoms. The van der Waals surface area contributed by atoms with E-state index in [1.807, 2.05) is 13.8 Å². The van der Waals surface area contributed by atoms with Crippen LogP contribution >= 0.6 is 0 Å². The summed E-state index contributed by atoms with van der Waals surface area (Å²) < 4.78 is 0. The van der Waals surface area contributed by atoms with Crippen LogP contribution in [0.25, 0.3) is 0 Å². The third kappa shape index (κ3) is 2.94. The molecule has 0 aromatic carbocycles. The number of hydrogen-bond acceptors (Lipinski definition) is 3. The van der Waals surface area contributed by atoms with Gasteiger partial charge in [0.05, 0.1) is 11.3 Å². The van der Waals surface area contributed by atoms with Gasteiger partial charge in [-0.2, -0.15) is 0 Å². The van der Waals surface area contributed by atoms with Gasteiger partial charge in [0.25, 0.3) is 0 Å². The van der Waals surface area contributed by atoms with E-state index in [4.69, 9.17) is 0 Å². The predicted molar refractivity (Wildman–Crippen MR) is 73.5 cm³/mol. The zero-order valence-corrected chi connectivity index (χ0v) is 11.9. The lowest BCUT2D eigenvalue weighted by Crippen LogP contribution is -2.12. The second-order valence-corrected chi connectivity index (χ2v) is 5.77. The standard InChI is InChI=1S/C15H22N2O2/c1-4-10-5-6-11(7-10)14-16-8-12(15(18)19)13(17-14)9(2)3/h8-11H,4-7H2,1-3H3,(H,18,19). The molecule has 1 aliphatic rings. The van der Waals surface area contributed by atoms with Crippen LogP contribution in [0.1, 0.15) is 80.2 Å². The molecule has 0 bridgehead atoms. The second-order valence-electron chi connectivity index (χ2n) is 5.77. The average Bonchev–Trinajstić information content (AvgIpc) is 2.86. The fraction of sp³-hybridized carbons (Fsp3) is 0.667. The molecule has 0 radical (unpaired) electrons. The Labute approximate surface area is 114 Å². The van der Waals surface area contributed by atoms with Gasteiger partial charge in [0.2, 0.25) is 0 Å². The van der Waals surface area contributed by atoms with Crippen molar-refractivity contribution in [1.82, 2.24) is 9.97 Å². The summed E-state index contributed by atoms with van der Waals surface area (Å²) in [6.45, 7) is 6.17. The maximum Gasteiger partial charge on any atom is 0.339 e. The number of rotatable bonds is 4. The molecule has 1 N–H and O–H groups in total. The van der Waals surface area contributed by atoms with E-state index in [1.54, 1.807) is 0 Å². The van der Waals surface area contributed by atoms with Crippen molar-refractivity contribution in [3.63, 3.8) is 0 Å². The lowest BCUT2D eigenvalue weighted by molar-refractivity contribution is 0.0694. The molecular weight excluding hydrogens is 240 g/mol. The van der Waals surface area contributed by atoms with Gasteiger partial charge in [0.1, 0.15) is 5.82 Å². The summed E-state index contributed by atoms with van der Waals surface area (Å²) in [6, 6.07) is 0. The van der Waals surface area contributed by atoms with E-state index in [1.165, 1.54) is 19.0 Å². The monoisotopic (exact) mass is 262 g/mol. The van der Waals surface area contributed by atoms with E-state index in [0.717, 1.165) is 24.6 Å². The average molecular weight is 262 g/mol. The van der Waals surface area contributed by atoms with Crippen LogP contribution in [0.4, 0.5) is 0 Å². The van der Waals surface area contributed by atoms with Crippen LogP contribution in [0, 0.1) is 5.92 Å². The molecule has 2 rings (SSSR count). The first-order chi connectivity index (χ1) is 9.02. The van der Waals surface area contributed by atoms with Crippen LogP contribution in [0.15, 0.2) is 6.20 Å². The molecule has 1 saturated carbocycles. The van der Waals surface area contributed by atoms with Crippen molar-refractivity contribution >= 4 is 5.97 Å². The van der Waals surface area contributed by atoms with E-state index >= 15 is 0 Å². The van der Waals surface area contributed by atoms with E-state index in [0.29, 0.717) is 11.6 Å². The Hall–Kier alpha value is -1.45. The van der Waals surface area contributed by atoms with Crippen LogP contribution in [-0.2, 0) is 0 Å². The van der Waals surface area contributed by atoms with Crippen molar-refractivity contribution in [3.8, 4) is 0 Å². The second kappa shape index (κ2) is 5.68. The molecule has 1 aromatic heterocycles. The Morgan fingerprint density at radius 1 is 1.47 bits per heavy atom. The highest BCUT2D eigenvalue weighted by Gasteiger charge is 2.28. The molecule has 4 nitrogen and oxygen atoms in total. The largest absolute Gasteiger partial charge is 0.478 e. The third-order valence-corrected chi connectivity index (χ3v) is 4.10. The maximum atomic E-state index is 11.2. The van der Waals surface area contributed by atoms with Crippen LogP contribution < -0.4 is 0 Å². The van der Waals surface area contributed by atoms with Gasteiger partial charge in [0.15, 0.2) is 0 Å². The molecule has 104 valence electrons. The van der Waals surface area contributed by atoms with E-state index in [2.05, 4.69) is 16.9 Å². The van der Waals surface area contributed by atoms with E-state index < -0.39 is 5.97 Å². The quantitative estimate of drug-likeness (QED) is 0.900. The van der Waals surface area contributed by atoms with Gasteiger partial charge in [-0.15, -0.1) is 0 Å². The zero-order chi connectivity index (χ0) is 14.0. The Morgan fingerprint density at radius 2 is 2.21 bits per heavy atom. The summed E-state index contributed by atoms with van der Waals surface area (Å²) in [5, 5.41) is 9.17. The molecule has 0 saturated heterocycles. The fourth-order valence-corrected chi connectivity index (χ4v) is 2.89. The highest BCUT2D eigenvalue weighted by molar-refractivity contribution is 5.88. The minimum atomic E-state index is -0.937. The molecule has 0 spiro atoms. The van der Waals surface area contributed by atoms with Crippen molar-refractivity contribution in [2.75, 3.05) is 0 Å². The van der Waals surface area contributed by atoms with Crippen LogP contribution in [0.2, 0.25) is 0 Å². The first-order valence-corrected chi connectivity index (χ1v) is 7.13. The molecule has 0 amide bonds. The van der Waals surface area contributed by atoms with Crippen LogP contribution in [-0.4, -0.2) is 21.0 Å². The summed E-state index contributed by atoms with van der Waals surface area (Å²) in [6.07, 6.45) is 6.20. The van der Waals surface area contributed by atoms with Gasteiger partial charge in [-0.1, -0.05) is 27.2 Å². The molecule has 4 heteroatoms. The van der Waals surface area contributed by atoms with E-state index in [-0.39, 0.29) is 11.5 Å². The lowest BCUT2D eigenvalue weighted by atomic mass is 10.0. The van der Waals surface area contributed by atoms with Gasteiger partial charge in [-0.25, -0.2) is 14.8 Å². The summed E-state index contributed by atoms with van der Waals surface area (Å²) in [5.41, 5.74) is 0.904. The lowest BCUT2D eigenvalue weighted by Gasteiger charge is -2.13. The van der Waals surface area contributed by atoms with Crippen molar-refractivity contribution in [3.05, 3.63) is 23.3 Å². The molecule has 1 fully saturated rings. The van der Waals surface area contributed by atoms with Gasteiger partial charge in [-0.3, -0.25) is 0 Å². The smallest absolute Gasteiger partial charge is 0.339 e. The number of carboxylic acids is 1. The van der Waals surface area contributed by atoms with Gasteiger partial charge >= 0.3 is 5.97 Å². The number of hydrogen-bond donors (Lipinski definition) is 1. The first kappa shape index (κ1) is 14.0. The molecule has 0 aliphatic heterocycles. The number of carbonyl (C=O) groups is 1. The van der Waals surface area contributed by atoms with Crippen LogP contribution in [0.3, 0.4) is 0 Å². The van der Waals surface area contributed by atoms with Gasteiger partial charge < -0.3 is 5.11 Å². The third-order valence-electron chi connectivity index (χ3n) is 4.10. The van der Waals surface area contributed by atoms with E-state index in [9.17, 15) is 9.90 Å². The molecule has 1 aromatic rings. The van der Waals surface area contributed by atoms with Crippen LogP contribution in [0.5, 0.6) is 0 Å². The number of nitrogens with zero attached hydrogens (tertiary/aromatic N) is 2. The molecule has 2 unspecified atom stereocenters. The molecular formula is C15H22N2O2. The van der Waals surface area contributed by atoms with Crippen molar-refractivity contribution in [2.24, 2.45) is 5.92 Å². The van der Waals surface area contributed by atoms with Crippen molar-refractivity contribution < 1.29 is 9.90 Å². The predicted octanol–water partition coefficient (Wildman–Crippen LogP) is 3.59. The summed E-state index contributed by atoms with van der Waals surface area (Å²) in [5.74, 6) is 1.19. The normalized spacial score (nSPS) is 22.9. The molecule has 1 heterocycles. The Bertz CT molecular complexity index is 471. The summed E-state index contributed by atoms with van der Waals surface area (Å²) >= 11 is 0. The minimum absolute atomic E-state index is 0.108. The fourth-order valence-electron chi connectivity index (χ4n) is 2.89. The van der Waals surface area contributed by atoms with Gasteiger partial charge in [-0.05, 0) is 31.1 Å².